The number of benzene rings is 1. The number of aromatic nitrogens is 2. The van der Waals surface area contributed by atoms with E-state index in [4.69, 9.17) is 23.2 Å². The number of carbonyl (C=O) groups excluding carboxylic acids is 1. The van der Waals surface area contributed by atoms with Crippen LogP contribution in [0.25, 0.3) is 0 Å². The molecule has 0 bridgehead atoms. The topological polar surface area (TPSA) is 46.9 Å². The normalized spacial score (nSPS) is 10.7. The molecule has 2 aromatic rings. The molecule has 0 aliphatic carbocycles. The van der Waals surface area contributed by atoms with Crippen LogP contribution in [0, 0.1) is 13.8 Å². The Hall–Kier alpha value is -1.52. The van der Waals surface area contributed by atoms with Crippen LogP contribution in [0.15, 0.2) is 18.2 Å². The average molecular weight is 326 g/mol. The minimum atomic E-state index is -0.0310. The van der Waals surface area contributed by atoms with E-state index < -0.39 is 0 Å². The highest BCUT2D eigenvalue weighted by Gasteiger charge is 2.15. The summed E-state index contributed by atoms with van der Waals surface area (Å²) in [5.41, 5.74) is 3.23. The summed E-state index contributed by atoms with van der Waals surface area (Å²) in [6, 6.07) is 5.41. The number of amides is 1. The first-order chi connectivity index (χ1) is 9.93. The maximum atomic E-state index is 11.6. The van der Waals surface area contributed by atoms with E-state index in [1.54, 1.807) is 16.8 Å². The van der Waals surface area contributed by atoms with Gasteiger partial charge in [0.05, 0.1) is 23.6 Å². The Labute approximate surface area is 134 Å². The Morgan fingerprint density at radius 3 is 2.48 bits per heavy atom. The first kappa shape index (κ1) is 15.9. The van der Waals surface area contributed by atoms with Gasteiger partial charge in [-0.2, -0.15) is 5.10 Å². The van der Waals surface area contributed by atoms with Gasteiger partial charge >= 0.3 is 0 Å². The molecule has 1 aromatic carbocycles. The van der Waals surface area contributed by atoms with Crippen molar-refractivity contribution in [3.8, 4) is 0 Å². The van der Waals surface area contributed by atoms with Gasteiger partial charge in [-0.3, -0.25) is 9.48 Å². The maximum absolute atomic E-state index is 11.6. The third-order valence-electron chi connectivity index (χ3n) is 3.34. The molecule has 0 aliphatic rings. The van der Waals surface area contributed by atoms with Gasteiger partial charge in [0.15, 0.2) is 0 Å². The highest BCUT2D eigenvalue weighted by atomic mass is 35.5. The van der Waals surface area contributed by atoms with E-state index in [0.717, 1.165) is 22.6 Å². The highest BCUT2D eigenvalue weighted by molar-refractivity contribution is 6.35. The van der Waals surface area contributed by atoms with Gasteiger partial charge in [0, 0.05) is 22.0 Å². The maximum Gasteiger partial charge on any atom is 0.224 e. The van der Waals surface area contributed by atoms with Gasteiger partial charge in [0.25, 0.3) is 0 Å². The molecular formula is C15H17Cl2N3O. The molecule has 0 unspecified atom stereocenters. The molecule has 2 rings (SSSR count). The SMILES string of the molecule is CCC(=O)Nc1c(C)nn(Cc2c(Cl)cccc2Cl)c1C. The fourth-order valence-electron chi connectivity index (χ4n) is 2.09. The van der Waals surface area contributed by atoms with Crippen molar-refractivity contribution in [1.82, 2.24) is 9.78 Å². The number of rotatable bonds is 4. The highest BCUT2D eigenvalue weighted by Crippen LogP contribution is 2.27. The second-order valence-electron chi connectivity index (χ2n) is 4.81. The zero-order valence-electron chi connectivity index (χ0n) is 12.2. The summed E-state index contributed by atoms with van der Waals surface area (Å²) >= 11 is 12.4. The van der Waals surface area contributed by atoms with Crippen LogP contribution in [0.3, 0.4) is 0 Å². The van der Waals surface area contributed by atoms with Crippen molar-refractivity contribution >= 4 is 34.8 Å². The third-order valence-corrected chi connectivity index (χ3v) is 4.04. The van der Waals surface area contributed by atoms with Gasteiger partial charge < -0.3 is 5.32 Å². The van der Waals surface area contributed by atoms with Gasteiger partial charge in [-0.15, -0.1) is 0 Å². The van der Waals surface area contributed by atoms with Crippen LogP contribution in [0.2, 0.25) is 10.0 Å². The fraction of sp³-hybridized carbons (Fsp3) is 0.333. The van der Waals surface area contributed by atoms with E-state index >= 15 is 0 Å². The molecule has 0 saturated carbocycles. The predicted octanol–water partition coefficient (Wildman–Crippen LogP) is 4.20. The molecule has 112 valence electrons. The Bertz CT molecular complexity index is 660. The summed E-state index contributed by atoms with van der Waals surface area (Å²) in [6.07, 6.45) is 0.431. The molecule has 1 aromatic heterocycles. The molecule has 0 spiro atoms. The summed E-state index contributed by atoms with van der Waals surface area (Å²) in [4.78, 5) is 11.6. The van der Waals surface area contributed by atoms with Crippen molar-refractivity contribution in [2.75, 3.05) is 5.32 Å². The van der Waals surface area contributed by atoms with Crippen molar-refractivity contribution in [2.45, 2.75) is 33.7 Å². The molecule has 6 heteroatoms. The lowest BCUT2D eigenvalue weighted by molar-refractivity contribution is -0.115. The van der Waals surface area contributed by atoms with Crippen LogP contribution in [-0.4, -0.2) is 15.7 Å². The first-order valence-corrected chi connectivity index (χ1v) is 7.46. The monoisotopic (exact) mass is 325 g/mol. The van der Waals surface area contributed by atoms with Gasteiger partial charge in [-0.1, -0.05) is 36.2 Å². The van der Waals surface area contributed by atoms with E-state index in [9.17, 15) is 4.79 Å². The number of hydrogen-bond donors (Lipinski definition) is 1. The molecule has 0 atom stereocenters. The van der Waals surface area contributed by atoms with E-state index in [0.29, 0.717) is 23.0 Å². The molecule has 0 fully saturated rings. The molecule has 0 aliphatic heterocycles. The molecule has 1 N–H and O–H groups in total. The predicted molar refractivity (Wildman–Crippen MR) is 86.2 cm³/mol. The van der Waals surface area contributed by atoms with Gasteiger partial charge in [0.1, 0.15) is 0 Å². The molecule has 4 nitrogen and oxygen atoms in total. The zero-order valence-corrected chi connectivity index (χ0v) is 13.7. The summed E-state index contributed by atoms with van der Waals surface area (Å²) in [5, 5.41) is 8.55. The molecular weight excluding hydrogens is 309 g/mol. The number of nitrogens with one attached hydrogen (secondary N) is 1. The van der Waals surface area contributed by atoms with E-state index in [1.807, 2.05) is 26.8 Å². The second kappa shape index (κ2) is 6.50. The van der Waals surface area contributed by atoms with Crippen LogP contribution in [-0.2, 0) is 11.3 Å². The van der Waals surface area contributed by atoms with Crippen molar-refractivity contribution in [2.24, 2.45) is 0 Å². The van der Waals surface area contributed by atoms with Crippen molar-refractivity contribution in [3.05, 3.63) is 45.2 Å². The quantitative estimate of drug-likeness (QED) is 0.915. The Balaban J connectivity index is 2.34. The first-order valence-electron chi connectivity index (χ1n) is 6.70. The van der Waals surface area contributed by atoms with E-state index in [2.05, 4.69) is 10.4 Å². The minimum Gasteiger partial charge on any atom is -0.323 e. The standard InChI is InChI=1S/C15H17Cl2N3O/c1-4-14(21)18-15-9(2)19-20(10(15)3)8-11-12(16)6-5-7-13(11)17/h5-7H,4,8H2,1-3H3,(H,18,21). The lowest BCUT2D eigenvalue weighted by atomic mass is 10.2. The van der Waals surface area contributed by atoms with Gasteiger partial charge in [-0.25, -0.2) is 0 Å². The van der Waals surface area contributed by atoms with Crippen molar-refractivity contribution < 1.29 is 4.79 Å². The summed E-state index contributed by atoms with van der Waals surface area (Å²) in [7, 11) is 0. The number of hydrogen-bond acceptors (Lipinski definition) is 2. The number of anilines is 1. The van der Waals surface area contributed by atoms with Crippen LogP contribution >= 0.6 is 23.2 Å². The number of aryl methyl sites for hydroxylation is 1. The number of nitrogens with zero attached hydrogens (tertiary/aromatic N) is 2. The van der Waals surface area contributed by atoms with Gasteiger partial charge in [-0.05, 0) is 26.0 Å². The zero-order chi connectivity index (χ0) is 15.6. The number of halogens is 2. The lowest BCUT2D eigenvalue weighted by Crippen LogP contribution is -2.11. The van der Waals surface area contributed by atoms with E-state index in [1.165, 1.54) is 0 Å². The van der Waals surface area contributed by atoms with Crippen LogP contribution in [0.5, 0.6) is 0 Å². The molecule has 1 heterocycles. The third kappa shape index (κ3) is 3.39. The van der Waals surface area contributed by atoms with Crippen LogP contribution in [0.4, 0.5) is 5.69 Å². The summed E-state index contributed by atoms with van der Waals surface area (Å²) in [5.74, 6) is -0.0310. The molecule has 0 saturated heterocycles. The fourth-order valence-corrected chi connectivity index (χ4v) is 2.61. The minimum absolute atomic E-state index is 0.0310. The molecule has 1 amide bonds. The van der Waals surface area contributed by atoms with Crippen LogP contribution < -0.4 is 5.32 Å². The van der Waals surface area contributed by atoms with Gasteiger partial charge in [0.2, 0.25) is 5.91 Å². The summed E-state index contributed by atoms with van der Waals surface area (Å²) < 4.78 is 1.80. The van der Waals surface area contributed by atoms with Crippen molar-refractivity contribution in [3.63, 3.8) is 0 Å². The molecule has 0 radical (unpaired) electrons. The van der Waals surface area contributed by atoms with Crippen LogP contribution in [0.1, 0.15) is 30.3 Å². The lowest BCUT2D eigenvalue weighted by Gasteiger charge is -2.09. The average Bonchev–Trinajstić information content (AvgIpc) is 2.70. The Kier molecular flexibility index (Phi) is 4.91. The van der Waals surface area contributed by atoms with Crippen molar-refractivity contribution in [1.29, 1.82) is 0 Å². The second-order valence-corrected chi connectivity index (χ2v) is 5.62. The largest absolute Gasteiger partial charge is 0.323 e. The summed E-state index contributed by atoms with van der Waals surface area (Å²) in [6.45, 7) is 6.06. The van der Waals surface area contributed by atoms with E-state index in [-0.39, 0.29) is 5.91 Å². The molecule has 21 heavy (non-hydrogen) atoms. The Morgan fingerprint density at radius 1 is 1.29 bits per heavy atom. The number of carbonyl (C=O) groups is 1. The Morgan fingerprint density at radius 2 is 1.90 bits per heavy atom. The smallest absolute Gasteiger partial charge is 0.224 e.